The molecule has 2 aromatic carbocycles. The normalized spacial score (nSPS) is 10.1. The highest BCUT2D eigenvalue weighted by Crippen LogP contribution is 2.19. The maximum atomic E-state index is 12.0. The van der Waals surface area contributed by atoms with Gasteiger partial charge in [0.25, 0.3) is 11.8 Å². The van der Waals surface area contributed by atoms with Gasteiger partial charge in [-0.2, -0.15) is 0 Å². The van der Waals surface area contributed by atoms with E-state index in [-0.39, 0.29) is 25.0 Å². The van der Waals surface area contributed by atoms with Crippen LogP contribution in [0.3, 0.4) is 0 Å². The molecule has 0 aromatic heterocycles. The predicted molar refractivity (Wildman–Crippen MR) is 101 cm³/mol. The van der Waals surface area contributed by atoms with E-state index < -0.39 is 0 Å². The van der Waals surface area contributed by atoms with Crippen molar-refractivity contribution in [3.63, 3.8) is 0 Å². The van der Waals surface area contributed by atoms with E-state index in [0.717, 1.165) is 11.1 Å². The maximum Gasteiger partial charge on any atom is 0.262 e. The lowest BCUT2D eigenvalue weighted by molar-refractivity contribution is -0.123. The van der Waals surface area contributed by atoms with Gasteiger partial charge in [0.1, 0.15) is 11.5 Å². The van der Waals surface area contributed by atoms with Crippen molar-refractivity contribution >= 4 is 17.5 Å². The minimum atomic E-state index is -0.249. The smallest absolute Gasteiger partial charge is 0.262 e. The maximum absolute atomic E-state index is 12.0. The fraction of sp³-hybridized carbons (Fsp3) is 0.300. The Morgan fingerprint density at radius 2 is 1.62 bits per heavy atom. The van der Waals surface area contributed by atoms with E-state index in [9.17, 15) is 9.59 Å². The van der Waals surface area contributed by atoms with Gasteiger partial charge in [-0.05, 0) is 56.7 Å². The van der Waals surface area contributed by atoms with Crippen LogP contribution in [0.4, 0.5) is 5.69 Å². The van der Waals surface area contributed by atoms with E-state index in [2.05, 4.69) is 10.6 Å². The van der Waals surface area contributed by atoms with Gasteiger partial charge in [-0.1, -0.05) is 17.7 Å². The fourth-order valence-electron chi connectivity index (χ4n) is 2.33. The molecule has 2 aromatic rings. The first kappa shape index (κ1) is 19.3. The zero-order valence-corrected chi connectivity index (χ0v) is 15.3. The molecule has 0 aliphatic heterocycles. The van der Waals surface area contributed by atoms with Gasteiger partial charge in [0.05, 0.1) is 0 Å². The number of hydrogen-bond donors (Lipinski definition) is 2. The largest absolute Gasteiger partial charge is 0.484 e. The zero-order chi connectivity index (χ0) is 18.9. The SMILES string of the molecule is CCNC(=O)COc1ccc(NC(=O)COc2ccc(C)cc2C)cc1. The summed E-state index contributed by atoms with van der Waals surface area (Å²) in [6, 6.07) is 12.6. The van der Waals surface area contributed by atoms with Crippen molar-refractivity contribution in [2.75, 3.05) is 25.1 Å². The van der Waals surface area contributed by atoms with Gasteiger partial charge in [-0.25, -0.2) is 0 Å². The van der Waals surface area contributed by atoms with Crippen LogP contribution in [0.1, 0.15) is 18.1 Å². The van der Waals surface area contributed by atoms with Crippen LogP contribution in [-0.4, -0.2) is 31.6 Å². The molecule has 2 N–H and O–H groups in total. The lowest BCUT2D eigenvalue weighted by atomic mass is 10.1. The summed E-state index contributed by atoms with van der Waals surface area (Å²) in [5, 5.41) is 5.41. The summed E-state index contributed by atoms with van der Waals surface area (Å²) in [6.07, 6.45) is 0. The third-order valence-corrected chi connectivity index (χ3v) is 3.57. The summed E-state index contributed by atoms with van der Waals surface area (Å²) in [7, 11) is 0. The number of hydrogen-bond acceptors (Lipinski definition) is 4. The summed E-state index contributed by atoms with van der Waals surface area (Å²) < 4.78 is 10.9. The number of anilines is 1. The third-order valence-electron chi connectivity index (χ3n) is 3.57. The highest BCUT2D eigenvalue weighted by atomic mass is 16.5. The summed E-state index contributed by atoms with van der Waals surface area (Å²) in [4.78, 5) is 23.4. The van der Waals surface area contributed by atoms with Crippen LogP contribution in [-0.2, 0) is 9.59 Å². The van der Waals surface area contributed by atoms with Gasteiger partial charge >= 0.3 is 0 Å². The molecule has 0 saturated heterocycles. The molecule has 0 atom stereocenters. The number of amides is 2. The lowest BCUT2D eigenvalue weighted by Gasteiger charge is -2.11. The number of benzene rings is 2. The first-order valence-corrected chi connectivity index (χ1v) is 8.47. The number of carbonyl (C=O) groups is 2. The van der Waals surface area contributed by atoms with E-state index in [4.69, 9.17) is 9.47 Å². The summed E-state index contributed by atoms with van der Waals surface area (Å²) in [5.41, 5.74) is 2.77. The van der Waals surface area contributed by atoms with E-state index in [0.29, 0.717) is 23.7 Å². The Hall–Kier alpha value is -3.02. The van der Waals surface area contributed by atoms with Crippen molar-refractivity contribution in [1.82, 2.24) is 5.32 Å². The van der Waals surface area contributed by atoms with Crippen molar-refractivity contribution < 1.29 is 19.1 Å². The second kappa shape index (κ2) is 9.46. The quantitative estimate of drug-likeness (QED) is 0.762. The fourth-order valence-corrected chi connectivity index (χ4v) is 2.33. The molecular weight excluding hydrogens is 332 g/mol. The van der Waals surface area contributed by atoms with Crippen LogP contribution in [0, 0.1) is 13.8 Å². The van der Waals surface area contributed by atoms with E-state index in [1.165, 1.54) is 0 Å². The topological polar surface area (TPSA) is 76.7 Å². The van der Waals surface area contributed by atoms with Crippen molar-refractivity contribution in [2.45, 2.75) is 20.8 Å². The molecule has 26 heavy (non-hydrogen) atoms. The van der Waals surface area contributed by atoms with E-state index in [1.807, 2.05) is 39.0 Å². The van der Waals surface area contributed by atoms with Crippen LogP contribution in [0.5, 0.6) is 11.5 Å². The van der Waals surface area contributed by atoms with Crippen molar-refractivity contribution in [3.8, 4) is 11.5 Å². The first-order valence-electron chi connectivity index (χ1n) is 8.47. The standard InChI is InChI=1S/C20H24N2O4/c1-4-21-19(23)12-25-17-8-6-16(7-9-17)22-20(24)13-26-18-10-5-14(2)11-15(18)3/h5-11H,4,12-13H2,1-3H3,(H,21,23)(H,22,24). The highest BCUT2D eigenvalue weighted by molar-refractivity contribution is 5.91. The zero-order valence-electron chi connectivity index (χ0n) is 15.3. The number of aryl methyl sites for hydroxylation is 2. The summed E-state index contributed by atoms with van der Waals surface area (Å²) >= 11 is 0. The minimum Gasteiger partial charge on any atom is -0.484 e. The van der Waals surface area contributed by atoms with Crippen LogP contribution in [0.2, 0.25) is 0 Å². The molecule has 2 rings (SSSR count). The molecule has 0 aliphatic carbocycles. The number of nitrogens with one attached hydrogen (secondary N) is 2. The average molecular weight is 356 g/mol. The molecule has 0 spiro atoms. The van der Waals surface area contributed by atoms with Crippen LogP contribution >= 0.6 is 0 Å². The third kappa shape index (κ3) is 6.12. The summed E-state index contributed by atoms with van der Waals surface area (Å²) in [5.74, 6) is 0.829. The highest BCUT2D eigenvalue weighted by Gasteiger charge is 2.06. The monoisotopic (exact) mass is 356 g/mol. The number of rotatable bonds is 8. The van der Waals surface area contributed by atoms with Crippen LogP contribution < -0.4 is 20.1 Å². The average Bonchev–Trinajstić information content (AvgIpc) is 2.61. The van der Waals surface area contributed by atoms with Gasteiger partial charge in [0.2, 0.25) is 0 Å². The molecule has 2 amide bonds. The predicted octanol–water partition coefficient (Wildman–Crippen LogP) is 2.84. The number of likely N-dealkylation sites (N-methyl/N-ethyl adjacent to an activating group) is 1. The molecule has 0 bridgehead atoms. The summed E-state index contributed by atoms with van der Waals surface area (Å²) in [6.45, 7) is 6.26. The second-order valence-corrected chi connectivity index (χ2v) is 5.87. The molecule has 0 unspecified atom stereocenters. The lowest BCUT2D eigenvalue weighted by Crippen LogP contribution is -2.28. The second-order valence-electron chi connectivity index (χ2n) is 5.87. The Labute approximate surface area is 153 Å². The molecule has 6 nitrogen and oxygen atoms in total. The molecule has 0 radical (unpaired) electrons. The minimum absolute atomic E-state index is 0.0384. The molecule has 0 heterocycles. The molecule has 138 valence electrons. The van der Waals surface area contributed by atoms with Gasteiger partial charge < -0.3 is 20.1 Å². The number of ether oxygens (including phenoxy) is 2. The van der Waals surface area contributed by atoms with Crippen molar-refractivity contribution in [3.05, 3.63) is 53.6 Å². The van der Waals surface area contributed by atoms with Crippen molar-refractivity contribution in [2.24, 2.45) is 0 Å². The molecule has 0 aliphatic rings. The van der Waals surface area contributed by atoms with Gasteiger partial charge in [-0.15, -0.1) is 0 Å². The molecular formula is C20H24N2O4. The van der Waals surface area contributed by atoms with Gasteiger partial charge in [-0.3, -0.25) is 9.59 Å². The van der Waals surface area contributed by atoms with E-state index >= 15 is 0 Å². The van der Waals surface area contributed by atoms with Crippen LogP contribution in [0.25, 0.3) is 0 Å². The Morgan fingerprint density at radius 1 is 0.923 bits per heavy atom. The van der Waals surface area contributed by atoms with E-state index in [1.54, 1.807) is 24.3 Å². The van der Waals surface area contributed by atoms with Crippen molar-refractivity contribution in [1.29, 1.82) is 0 Å². The number of carbonyl (C=O) groups excluding carboxylic acids is 2. The van der Waals surface area contributed by atoms with Gasteiger partial charge in [0, 0.05) is 12.2 Å². The van der Waals surface area contributed by atoms with Gasteiger partial charge in [0.15, 0.2) is 13.2 Å². The molecule has 0 fully saturated rings. The Bertz CT molecular complexity index is 757. The first-order chi connectivity index (χ1) is 12.5. The Morgan fingerprint density at radius 3 is 2.27 bits per heavy atom. The Balaban J connectivity index is 1.80. The van der Waals surface area contributed by atoms with Crippen LogP contribution in [0.15, 0.2) is 42.5 Å². The molecule has 6 heteroatoms. The Kier molecular flexibility index (Phi) is 7.02. The molecule has 0 saturated carbocycles.